The number of hydrogen-bond acceptors (Lipinski definition) is 3. The van der Waals surface area contributed by atoms with E-state index in [2.05, 4.69) is 27.3 Å². The van der Waals surface area contributed by atoms with Crippen LogP contribution < -0.4 is 10.1 Å². The Morgan fingerprint density at radius 2 is 1.60 bits per heavy atom. The number of carbonyl (C=O) groups excluding carboxylic acids is 2. The summed E-state index contributed by atoms with van der Waals surface area (Å²) in [5, 5.41) is 2.99. The zero-order valence-corrected chi connectivity index (χ0v) is 22.2. The first-order chi connectivity index (χ1) is 16.9. The maximum Gasteiger partial charge on any atom is 0.261 e. The smallest absolute Gasteiger partial charge is 0.261 e. The molecule has 0 radical (unpaired) electrons. The summed E-state index contributed by atoms with van der Waals surface area (Å²) in [6.07, 6.45) is 1.24. The van der Waals surface area contributed by atoms with Crippen molar-refractivity contribution in [1.82, 2.24) is 10.2 Å². The second-order valence-corrected chi connectivity index (χ2v) is 9.67. The summed E-state index contributed by atoms with van der Waals surface area (Å²) in [5.41, 5.74) is 4.07. The van der Waals surface area contributed by atoms with Crippen molar-refractivity contribution in [3.05, 3.63) is 99.5 Å². The molecule has 5 nitrogen and oxygen atoms in total. The summed E-state index contributed by atoms with van der Waals surface area (Å²) in [6.45, 7) is 6.72. The van der Waals surface area contributed by atoms with Crippen LogP contribution in [0.1, 0.15) is 35.6 Å². The lowest BCUT2D eigenvalue weighted by Gasteiger charge is -2.31. The van der Waals surface area contributed by atoms with Gasteiger partial charge in [-0.1, -0.05) is 71.4 Å². The maximum absolute atomic E-state index is 13.6. The van der Waals surface area contributed by atoms with Crippen LogP contribution in [0.15, 0.2) is 77.3 Å². The van der Waals surface area contributed by atoms with Crippen molar-refractivity contribution in [2.45, 2.75) is 46.2 Å². The van der Waals surface area contributed by atoms with E-state index in [0.717, 1.165) is 33.1 Å². The number of nitrogens with zero attached hydrogens (tertiary/aromatic N) is 1. The van der Waals surface area contributed by atoms with E-state index in [1.807, 2.05) is 87.5 Å². The van der Waals surface area contributed by atoms with Crippen molar-refractivity contribution in [2.75, 3.05) is 13.2 Å². The Bertz CT molecular complexity index is 1100. The lowest BCUT2D eigenvalue weighted by atomic mass is 10.0. The highest BCUT2D eigenvalue weighted by Gasteiger charge is 2.30. The van der Waals surface area contributed by atoms with Gasteiger partial charge in [0.25, 0.3) is 5.91 Å². The second kappa shape index (κ2) is 13.1. The lowest BCUT2D eigenvalue weighted by Crippen LogP contribution is -2.51. The number of nitrogens with one attached hydrogen (secondary N) is 1. The van der Waals surface area contributed by atoms with E-state index in [1.165, 1.54) is 0 Å². The van der Waals surface area contributed by atoms with Gasteiger partial charge in [-0.25, -0.2) is 0 Å². The topological polar surface area (TPSA) is 58.6 Å². The summed E-state index contributed by atoms with van der Waals surface area (Å²) in [5.74, 6) is 0.252. The lowest BCUT2D eigenvalue weighted by molar-refractivity contribution is -0.142. The molecule has 0 fully saturated rings. The number of carbonyl (C=O) groups is 2. The van der Waals surface area contributed by atoms with Crippen LogP contribution in [0.4, 0.5) is 0 Å². The molecule has 0 saturated heterocycles. The van der Waals surface area contributed by atoms with Crippen LogP contribution in [-0.2, 0) is 22.6 Å². The molecule has 0 aliphatic heterocycles. The predicted molar refractivity (Wildman–Crippen MR) is 143 cm³/mol. The second-order valence-electron chi connectivity index (χ2n) is 8.76. The highest BCUT2D eigenvalue weighted by Crippen LogP contribution is 2.19. The Morgan fingerprint density at radius 3 is 2.23 bits per heavy atom. The highest BCUT2D eigenvalue weighted by atomic mass is 79.9. The Kier molecular flexibility index (Phi) is 9.91. The van der Waals surface area contributed by atoms with Gasteiger partial charge in [0.15, 0.2) is 6.61 Å². The summed E-state index contributed by atoms with van der Waals surface area (Å²) < 4.78 is 6.86. The molecule has 1 atom stereocenters. The molecule has 35 heavy (non-hydrogen) atoms. The Hall–Kier alpha value is -3.12. The molecule has 0 aliphatic rings. The standard InChI is InChI=1S/C29H33BrN2O3/c1-4-14-31-29(34)27(18-23-8-6-5-7-9-23)32(19-24-10-12-25(30)13-11-24)28(33)20-35-26-16-21(2)15-22(3)17-26/h5-13,15-17,27H,4,14,18-20H2,1-3H3,(H,31,34)/t27-/m0/s1. The Labute approximate surface area is 216 Å². The summed E-state index contributed by atoms with van der Waals surface area (Å²) in [6, 6.07) is 22.8. The SMILES string of the molecule is CCCNC(=O)[C@H](Cc1ccccc1)N(Cc1ccc(Br)cc1)C(=O)COc1cc(C)cc(C)c1. The van der Waals surface area contributed by atoms with Crippen molar-refractivity contribution < 1.29 is 14.3 Å². The Morgan fingerprint density at radius 1 is 0.943 bits per heavy atom. The minimum Gasteiger partial charge on any atom is -0.484 e. The van der Waals surface area contributed by atoms with E-state index in [0.29, 0.717) is 25.3 Å². The van der Waals surface area contributed by atoms with Gasteiger partial charge in [0, 0.05) is 24.0 Å². The first-order valence-corrected chi connectivity index (χ1v) is 12.7. The molecule has 0 heterocycles. The van der Waals surface area contributed by atoms with E-state index < -0.39 is 6.04 Å². The largest absolute Gasteiger partial charge is 0.484 e. The zero-order valence-electron chi connectivity index (χ0n) is 20.6. The summed E-state index contributed by atoms with van der Waals surface area (Å²) >= 11 is 3.46. The van der Waals surface area contributed by atoms with Crippen molar-refractivity contribution in [2.24, 2.45) is 0 Å². The molecule has 3 aromatic rings. The molecule has 184 valence electrons. The van der Waals surface area contributed by atoms with Crippen molar-refractivity contribution in [1.29, 1.82) is 0 Å². The van der Waals surface area contributed by atoms with Gasteiger partial charge in [0.1, 0.15) is 11.8 Å². The molecule has 6 heteroatoms. The van der Waals surface area contributed by atoms with Crippen LogP contribution in [0, 0.1) is 13.8 Å². The van der Waals surface area contributed by atoms with Gasteiger partial charge in [-0.3, -0.25) is 9.59 Å². The van der Waals surface area contributed by atoms with Gasteiger partial charge >= 0.3 is 0 Å². The van der Waals surface area contributed by atoms with Gasteiger partial charge in [-0.15, -0.1) is 0 Å². The molecule has 1 N–H and O–H groups in total. The van der Waals surface area contributed by atoms with Crippen LogP contribution in [0.3, 0.4) is 0 Å². The van der Waals surface area contributed by atoms with E-state index in [1.54, 1.807) is 4.90 Å². The minimum absolute atomic E-state index is 0.147. The zero-order chi connectivity index (χ0) is 25.2. The average molecular weight is 537 g/mol. The van der Waals surface area contributed by atoms with Crippen molar-refractivity contribution >= 4 is 27.7 Å². The Balaban J connectivity index is 1.89. The maximum atomic E-state index is 13.6. The number of rotatable bonds is 11. The van der Waals surface area contributed by atoms with Crippen LogP contribution in [0.2, 0.25) is 0 Å². The normalized spacial score (nSPS) is 11.5. The quantitative estimate of drug-likeness (QED) is 0.346. The van der Waals surface area contributed by atoms with E-state index >= 15 is 0 Å². The van der Waals surface area contributed by atoms with Crippen LogP contribution in [-0.4, -0.2) is 35.9 Å². The van der Waals surface area contributed by atoms with Crippen LogP contribution >= 0.6 is 15.9 Å². The molecular weight excluding hydrogens is 504 g/mol. The van der Waals surface area contributed by atoms with E-state index in [-0.39, 0.29) is 18.4 Å². The number of amides is 2. The predicted octanol–water partition coefficient (Wildman–Crippen LogP) is 5.61. The number of halogens is 1. The fourth-order valence-corrected chi connectivity index (χ4v) is 4.22. The van der Waals surface area contributed by atoms with E-state index in [4.69, 9.17) is 4.74 Å². The molecule has 0 bridgehead atoms. The fourth-order valence-electron chi connectivity index (χ4n) is 3.95. The highest BCUT2D eigenvalue weighted by molar-refractivity contribution is 9.10. The minimum atomic E-state index is -0.664. The van der Waals surface area contributed by atoms with Crippen molar-refractivity contribution in [3.63, 3.8) is 0 Å². The molecular formula is C29H33BrN2O3. The number of ether oxygens (including phenoxy) is 1. The first kappa shape index (κ1) is 26.5. The molecule has 3 aromatic carbocycles. The van der Waals surface area contributed by atoms with Crippen molar-refractivity contribution in [3.8, 4) is 5.75 Å². The number of aryl methyl sites for hydroxylation is 2. The van der Waals surface area contributed by atoms with Crippen LogP contribution in [0.5, 0.6) is 5.75 Å². The number of hydrogen-bond donors (Lipinski definition) is 1. The molecule has 0 aliphatic carbocycles. The van der Waals surface area contributed by atoms with Gasteiger partial charge in [0.05, 0.1) is 0 Å². The third-order valence-electron chi connectivity index (χ3n) is 5.64. The molecule has 0 spiro atoms. The summed E-state index contributed by atoms with van der Waals surface area (Å²) in [4.78, 5) is 28.5. The van der Waals surface area contributed by atoms with Gasteiger partial charge in [0.2, 0.25) is 5.91 Å². The fraction of sp³-hybridized carbons (Fsp3) is 0.310. The molecule has 0 aromatic heterocycles. The van der Waals surface area contributed by atoms with Gasteiger partial charge < -0.3 is 15.0 Å². The molecule has 2 amide bonds. The molecule has 3 rings (SSSR count). The molecule has 0 unspecified atom stereocenters. The average Bonchev–Trinajstić information content (AvgIpc) is 2.84. The third kappa shape index (κ3) is 8.25. The third-order valence-corrected chi connectivity index (χ3v) is 6.17. The van der Waals surface area contributed by atoms with Crippen LogP contribution in [0.25, 0.3) is 0 Å². The summed E-state index contributed by atoms with van der Waals surface area (Å²) in [7, 11) is 0. The monoisotopic (exact) mass is 536 g/mol. The molecule has 0 saturated carbocycles. The van der Waals surface area contributed by atoms with Gasteiger partial charge in [-0.05, 0) is 66.8 Å². The van der Waals surface area contributed by atoms with Gasteiger partial charge in [-0.2, -0.15) is 0 Å². The number of benzene rings is 3. The van der Waals surface area contributed by atoms with E-state index in [9.17, 15) is 9.59 Å². The first-order valence-electron chi connectivity index (χ1n) is 11.9.